The second-order valence-electron chi connectivity index (χ2n) is 8.65. The van der Waals surface area contributed by atoms with Crippen LogP contribution in [0.2, 0.25) is 0 Å². The van der Waals surface area contributed by atoms with Gasteiger partial charge in [0.2, 0.25) is 0 Å². The maximum Gasteiger partial charge on any atom is 0.103 e. The minimum atomic E-state index is -0.677. The van der Waals surface area contributed by atoms with Crippen molar-refractivity contribution in [3.63, 3.8) is 0 Å². The van der Waals surface area contributed by atoms with Gasteiger partial charge < -0.3 is 29.4 Å². The van der Waals surface area contributed by atoms with Crippen molar-refractivity contribution >= 4 is 15.8 Å². The van der Waals surface area contributed by atoms with Gasteiger partial charge in [-0.25, -0.2) is 0 Å². The van der Waals surface area contributed by atoms with Crippen molar-refractivity contribution in [3.05, 3.63) is 0 Å². The van der Waals surface area contributed by atoms with E-state index in [2.05, 4.69) is 48.5 Å². The third-order valence-electron chi connectivity index (χ3n) is 6.81. The molecule has 0 bridgehead atoms. The summed E-state index contributed by atoms with van der Waals surface area (Å²) >= 11 is 0. The summed E-state index contributed by atoms with van der Waals surface area (Å²) in [6, 6.07) is 0. The lowest BCUT2D eigenvalue weighted by Crippen LogP contribution is -2.54. The zero-order valence-corrected chi connectivity index (χ0v) is 24.7. The first-order valence-electron chi connectivity index (χ1n) is 12.2. The van der Waals surface area contributed by atoms with Crippen molar-refractivity contribution in [2.45, 2.75) is 128 Å². The standard InChI is InChI=1S/C24H53NO5P2/c1-13-20(26-9)31(21(14-2)27-10)17(5)24(8,30-19(7)25)18(6)32(22(15-3)28-11)23(16-4)29-12/h17-23H,13-16,25H2,1-12H3. The van der Waals surface area contributed by atoms with Crippen LogP contribution in [0.15, 0.2) is 0 Å². The van der Waals surface area contributed by atoms with E-state index in [0.29, 0.717) is 0 Å². The summed E-state index contributed by atoms with van der Waals surface area (Å²) in [5.74, 6) is 0.530. The van der Waals surface area contributed by atoms with Gasteiger partial charge in [-0.1, -0.05) is 41.5 Å². The maximum absolute atomic E-state index is 6.67. The fraction of sp³-hybridized carbons (Fsp3) is 1.00. The van der Waals surface area contributed by atoms with Crippen LogP contribution in [0.4, 0.5) is 0 Å². The molecule has 8 heteroatoms. The average molecular weight is 498 g/mol. The predicted octanol–water partition coefficient (Wildman–Crippen LogP) is 6.34. The molecule has 0 aliphatic heterocycles. The molecule has 0 aromatic rings. The van der Waals surface area contributed by atoms with Crippen LogP contribution in [-0.4, -0.2) is 75.0 Å². The molecular weight excluding hydrogens is 444 g/mol. The zero-order chi connectivity index (χ0) is 25.1. The molecule has 0 rings (SSSR count). The second-order valence-corrected chi connectivity index (χ2v) is 14.3. The lowest BCUT2D eigenvalue weighted by molar-refractivity contribution is -0.0740. The topological polar surface area (TPSA) is 72.2 Å². The normalized spacial score (nSPS) is 22.8. The molecule has 194 valence electrons. The molecule has 32 heavy (non-hydrogen) atoms. The van der Waals surface area contributed by atoms with E-state index >= 15 is 0 Å². The molecule has 0 amide bonds. The number of ether oxygens (including phenoxy) is 5. The Morgan fingerprint density at radius 3 is 1.03 bits per heavy atom. The lowest BCUT2D eigenvalue weighted by atomic mass is 9.98. The van der Waals surface area contributed by atoms with Gasteiger partial charge in [-0.15, -0.1) is 0 Å². The van der Waals surface area contributed by atoms with Crippen LogP contribution in [0.5, 0.6) is 0 Å². The van der Waals surface area contributed by atoms with Crippen molar-refractivity contribution < 1.29 is 23.7 Å². The first kappa shape index (κ1) is 32.6. The number of rotatable bonds is 18. The molecule has 7 atom stereocenters. The molecule has 0 aromatic carbocycles. The van der Waals surface area contributed by atoms with E-state index < -0.39 is 21.4 Å². The third-order valence-corrected chi connectivity index (χ3v) is 14.6. The van der Waals surface area contributed by atoms with Crippen LogP contribution >= 0.6 is 15.8 Å². The summed E-state index contributed by atoms with van der Waals surface area (Å²) in [6.45, 7) is 17.5. The summed E-state index contributed by atoms with van der Waals surface area (Å²) in [5, 5.41) is 0. The van der Waals surface area contributed by atoms with E-state index in [9.17, 15) is 0 Å². The first-order chi connectivity index (χ1) is 15.1. The summed E-state index contributed by atoms with van der Waals surface area (Å²) in [6.07, 6.45) is 3.38. The van der Waals surface area contributed by atoms with Crippen LogP contribution < -0.4 is 5.73 Å². The fourth-order valence-corrected chi connectivity index (χ4v) is 12.2. The van der Waals surface area contributed by atoms with Crippen LogP contribution in [0.1, 0.15) is 81.1 Å². The average Bonchev–Trinajstić information content (AvgIpc) is 2.78. The highest BCUT2D eigenvalue weighted by molar-refractivity contribution is 7.60. The van der Waals surface area contributed by atoms with E-state index in [1.165, 1.54) is 0 Å². The third kappa shape index (κ3) is 8.09. The van der Waals surface area contributed by atoms with Crippen LogP contribution in [0.3, 0.4) is 0 Å². The van der Waals surface area contributed by atoms with Crippen molar-refractivity contribution in [2.75, 3.05) is 28.4 Å². The van der Waals surface area contributed by atoms with Gasteiger partial charge >= 0.3 is 0 Å². The molecule has 0 fully saturated rings. The molecule has 0 heterocycles. The van der Waals surface area contributed by atoms with Gasteiger partial charge in [0.25, 0.3) is 0 Å². The fourth-order valence-electron chi connectivity index (χ4n) is 4.90. The monoisotopic (exact) mass is 497 g/mol. The number of hydrogen-bond donors (Lipinski definition) is 1. The Labute approximate surface area is 201 Å². The molecule has 7 unspecified atom stereocenters. The van der Waals surface area contributed by atoms with Gasteiger partial charge in [0.1, 0.15) is 6.23 Å². The Balaban J connectivity index is 6.63. The van der Waals surface area contributed by atoms with Crippen molar-refractivity contribution in [3.8, 4) is 0 Å². The number of nitrogens with two attached hydrogens (primary N) is 1. The van der Waals surface area contributed by atoms with Crippen molar-refractivity contribution in [1.29, 1.82) is 0 Å². The Bertz CT molecular complexity index is 411. The van der Waals surface area contributed by atoms with E-state index in [1.54, 1.807) is 0 Å². The smallest absolute Gasteiger partial charge is 0.103 e. The molecule has 6 nitrogen and oxygen atoms in total. The molecular formula is C24H53NO5P2. The van der Waals surface area contributed by atoms with Crippen molar-refractivity contribution in [2.24, 2.45) is 5.73 Å². The van der Waals surface area contributed by atoms with E-state index in [1.807, 2.05) is 35.4 Å². The molecule has 0 aliphatic carbocycles. The predicted molar refractivity (Wildman–Crippen MR) is 140 cm³/mol. The SMILES string of the molecule is CCC(OC)P(C(CC)OC)C(C)C(C)(OC(C)N)C(C)P(C(CC)OC)C(CC)OC. The quantitative estimate of drug-likeness (QED) is 0.176. The molecule has 2 N–H and O–H groups in total. The van der Waals surface area contributed by atoms with E-state index in [0.717, 1.165) is 25.7 Å². The van der Waals surface area contributed by atoms with E-state index in [4.69, 9.17) is 29.4 Å². The Hall–Kier alpha value is 0.620. The summed E-state index contributed by atoms with van der Waals surface area (Å²) in [7, 11) is 5.90. The Morgan fingerprint density at radius 1 is 0.625 bits per heavy atom. The molecule has 0 radical (unpaired) electrons. The minimum absolute atomic E-state index is 0.133. The van der Waals surface area contributed by atoms with Gasteiger partial charge in [-0.2, -0.15) is 0 Å². The summed E-state index contributed by atoms with van der Waals surface area (Å²) < 4.78 is 30.7. The lowest BCUT2D eigenvalue weighted by Gasteiger charge is -2.52. The van der Waals surface area contributed by atoms with Gasteiger partial charge in [-0.05, 0) is 55.4 Å². The first-order valence-corrected chi connectivity index (χ1v) is 15.3. The van der Waals surface area contributed by atoms with Crippen LogP contribution in [0, 0.1) is 0 Å². The Kier molecular flexibility index (Phi) is 16.6. The number of methoxy groups -OCH3 is 4. The highest BCUT2D eigenvalue weighted by Crippen LogP contribution is 2.63. The van der Waals surface area contributed by atoms with Gasteiger partial charge in [0.05, 0.1) is 29.0 Å². The van der Waals surface area contributed by atoms with Gasteiger partial charge in [-0.3, -0.25) is 0 Å². The Morgan fingerprint density at radius 2 is 0.875 bits per heavy atom. The molecule has 0 aliphatic rings. The second kappa shape index (κ2) is 16.3. The largest absolute Gasteiger partial charge is 0.377 e. The molecule has 0 saturated heterocycles. The maximum atomic E-state index is 6.67. The van der Waals surface area contributed by atoms with Gasteiger partial charge in [0.15, 0.2) is 0 Å². The zero-order valence-electron chi connectivity index (χ0n) is 22.9. The summed E-state index contributed by atoms with van der Waals surface area (Å²) in [4.78, 5) is 0. The summed E-state index contributed by atoms with van der Waals surface area (Å²) in [5.41, 5.74) is 6.19. The van der Waals surface area contributed by atoms with E-state index in [-0.39, 0.29) is 40.9 Å². The van der Waals surface area contributed by atoms with Gasteiger partial charge in [0, 0.05) is 39.8 Å². The van der Waals surface area contributed by atoms with Crippen LogP contribution in [0.25, 0.3) is 0 Å². The molecule has 0 spiro atoms. The van der Waals surface area contributed by atoms with Crippen molar-refractivity contribution in [1.82, 2.24) is 0 Å². The highest BCUT2D eigenvalue weighted by Gasteiger charge is 2.51. The molecule has 0 saturated carbocycles. The minimum Gasteiger partial charge on any atom is -0.377 e. The van der Waals surface area contributed by atoms with Crippen LogP contribution in [-0.2, 0) is 23.7 Å². The highest BCUT2D eigenvalue weighted by atomic mass is 31.1. The number of hydrogen-bond acceptors (Lipinski definition) is 6. The molecule has 0 aromatic heterocycles.